The van der Waals surface area contributed by atoms with E-state index in [9.17, 15) is 14.4 Å². The lowest BCUT2D eigenvalue weighted by Crippen LogP contribution is -2.19. The van der Waals surface area contributed by atoms with E-state index in [0.29, 0.717) is 13.0 Å². The lowest BCUT2D eigenvalue weighted by molar-refractivity contribution is -0.145. The van der Waals surface area contributed by atoms with Crippen molar-refractivity contribution in [2.24, 2.45) is 11.7 Å². The second kappa shape index (κ2) is 10.5. The highest BCUT2D eigenvalue weighted by Crippen LogP contribution is 2.15. The molecule has 0 bridgehead atoms. The third kappa shape index (κ3) is 10.2. The third-order valence-electron chi connectivity index (χ3n) is 2.94. The molecule has 0 heterocycles. The molecule has 6 heteroatoms. The second-order valence-electron chi connectivity index (χ2n) is 4.66. The molecule has 0 saturated carbocycles. The van der Waals surface area contributed by atoms with Crippen LogP contribution in [0.3, 0.4) is 0 Å². The van der Waals surface area contributed by atoms with Gasteiger partial charge in [-0.2, -0.15) is 0 Å². The van der Waals surface area contributed by atoms with Crippen LogP contribution in [0.1, 0.15) is 51.4 Å². The number of carboxylic acid groups (broad SMARTS) is 2. The SMILES string of the molecule is NCCCCCCC(=O)C[C@@H](CCC(=O)O)C(=O)O. The van der Waals surface area contributed by atoms with Crippen molar-refractivity contribution in [2.45, 2.75) is 51.4 Å². The molecule has 0 radical (unpaired) electrons. The van der Waals surface area contributed by atoms with Crippen molar-refractivity contribution < 1.29 is 24.6 Å². The predicted molar refractivity (Wildman–Crippen MR) is 69.8 cm³/mol. The lowest BCUT2D eigenvalue weighted by Gasteiger charge is -2.10. The van der Waals surface area contributed by atoms with Gasteiger partial charge in [0.05, 0.1) is 5.92 Å². The number of carbonyl (C=O) groups excluding carboxylic acids is 1. The molecule has 0 fully saturated rings. The molecule has 0 amide bonds. The fraction of sp³-hybridized carbons (Fsp3) is 0.769. The van der Waals surface area contributed by atoms with Crippen molar-refractivity contribution in [3.8, 4) is 0 Å². The van der Waals surface area contributed by atoms with Crippen molar-refractivity contribution in [1.29, 1.82) is 0 Å². The Labute approximate surface area is 113 Å². The number of hydrogen-bond donors (Lipinski definition) is 3. The molecular weight excluding hydrogens is 250 g/mol. The van der Waals surface area contributed by atoms with E-state index in [4.69, 9.17) is 15.9 Å². The first-order chi connectivity index (χ1) is 8.97. The Hall–Kier alpha value is -1.43. The van der Waals surface area contributed by atoms with E-state index in [-0.39, 0.29) is 25.0 Å². The number of rotatable bonds is 12. The van der Waals surface area contributed by atoms with Gasteiger partial charge in [0.25, 0.3) is 0 Å². The molecule has 0 unspecified atom stereocenters. The highest BCUT2D eigenvalue weighted by atomic mass is 16.4. The van der Waals surface area contributed by atoms with Gasteiger partial charge in [-0.05, 0) is 25.8 Å². The summed E-state index contributed by atoms with van der Waals surface area (Å²) in [5, 5.41) is 17.4. The van der Waals surface area contributed by atoms with Gasteiger partial charge in [-0.15, -0.1) is 0 Å². The van der Waals surface area contributed by atoms with Crippen molar-refractivity contribution in [2.75, 3.05) is 6.54 Å². The van der Waals surface area contributed by atoms with Gasteiger partial charge in [-0.3, -0.25) is 14.4 Å². The molecule has 0 aromatic heterocycles. The minimum absolute atomic E-state index is 0.00355. The number of unbranched alkanes of at least 4 members (excludes halogenated alkanes) is 3. The molecule has 1 atom stereocenters. The summed E-state index contributed by atoms with van der Waals surface area (Å²) in [5.74, 6) is -3.13. The number of carboxylic acids is 2. The predicted octanol–water partition coefficient (Wildman–Crippen LogP) is 1.42. The zero-order chi connectivity index (χ0) is 14.7. The van der Waals surface area contributed by atoms with Crippen LogP contribution >= 0.6 is 0 Å². The van der Waals surface area contributed by atoms with E-state index < -0.39 is 17.9 Å². The minimum atomic E-state index is -1.10. The Morgan fingerprint density at radius 3 is 2.11 bits per heavy atom. The quantitative estimate of drug-likeness (QED) is 0.463. The number of nitrogens with two attached hydrogens (primary N) is 1. The van der Waals surface area contributed by atoms with Gasteiger partial charge in [-0.1, -0.05) is 12.8 Å². The van der Waals surface area contributed by atoms with Crippen molar-refractivity contribution in [3.63, 3.8) is 0 Å². The highest BCUT2D eigenvalue weighted by molar-refractivity contribution is 5.84. The molecule has 0 aliphatic heterocycles. The molecule has 0 aliphatic carbocycles. The van der Waals surface area contributed by atoms with Gasteiger partial charge in [-0.25, -0.2) is 0 Å². The standard InChI is InChI=1S/C13H23NO5/c14-8-4-2-1-3-5-11(15)9-10(13(18)19)6-7-12(16)17/h10H,1-9,14H2,(H,16,17)(H,18,19)/t10-/m1/s1. The minimum Gasteiger partial charge on any atom is -0.481 e. The van der Waals surface area contributed by atoms with Crippen LogP contribution in [0.2, 0.25) is 0 Å². The molecule has 0 spiro atoms. The number of aliphatic carboxylic acids is 2. The fourth-order valence-corrected chi connectivity index (χ4v) is 1.81. The summed E-state index contributed by atoms with van der Waals surface area (Å²) in [7, 11) is 0. The maximum absolute atomic E-state index is 11.6. The van der Waals surface area contributed by atoms with Crippen LogP contribution in [0, 0.1) is 5.92 Å². The topological polar surface area (TPSA) is 118 Å². The van der Waals surface area contributed by atoms with Gasteiger partial charge in [0, 0.05) is 19.3 Å². The van der Waals surface area contributed by atoms with E-state index >= 15 is 0 Å². The van der Waals surface area contributed by atoms with E-state index in [2.05, 4.69) is 0 Å². The second-order valence-corrected chi connectivity index (χ2v) is 4.66. The highest BCUT2D eigenvalue weighted by Gasteiger charge is 2.21. The Bertz CT molecular complexity index is 303. The van der Waals surface area contributed by atoms with Crippen LogP contribution in [-0.4, -0.2) is 34.5 Å². The zero-order valence-electron chi connectivity index (χ0n) is 11.1. The zero-order valence-corrected chi connectivity index (χ0v) is 11.1. The van der Waals surface area contributed by atoms with Crippen LogP contribution in [0.25, 0.3) is 0 Å². The Kier molecular flexibility index (Phi) is 9.70. The van der Waals surface area contributed by atoms with E-state index in [1.54, 1.807) is 0 Å². The largest absolute Gasteiger partial charge is 0.481 e. The number of Topliss-reactive ketones (excluding diaryl/α,β-unsaturated/α-hetero) is 1. The van der Waals surface area contributed by atoms with Gasteiger partial charge < -0.3 is 15.9 Å². The summed E-state index contributed by atoms with van der Waals surface area (Å²) in [4.78, 5) is 32.9. The first-order valence-electron chi connectivity index (χ1n) is 6.63. The van der Waals surface area contributed by atoms with Crippen LogP contribution in [0.15, 0.2) is 0 Å². The summed E-state index contributed by atoms with van der Waals surface area (Å²) in [5.41, 5.74) is 5.35. The molecule has 0 aliphatic rings. The van der Waals surface area contributed by atoms with Crippen molar-refractivity contribution in [3.05, 3.63) is 0 Å². The van der Waals surface area contributed by atoms with Gasteiger partial charge in [0.2, 0.25) is 0 Å². The Morgan fingerprint density at radius 1 is 0.947 bits per heavy atom. The average Bonchev–Trinajstić information content (AvgIpc) is 2.33. The van der Waals surface area contributed by atoms with Crippen molar-refractivity contribution >= 4 is 17.7 Å². The summed E-state index contributed by atoms with van der Waals surface area (Å²) in [6.07, 6.45) is 3.64. The maximum Gasteiger partial charge on any atom is 0.306 e. The molecule has 19 heavy (non-hydrogen) atoms. The molecular formula is C13H23NO5. The van der Waals surface area contributed by atoms with Crippen molar-refractivity contribution in [1.82, 2.24) is 0 Å². The van der Waals surface area contributed by atoms with Gasteiger partial charge in [0.1, 0.15) is 5.78 Å². The van der Waals surface area contributed by atoms with E-state index in [1.165, 1.54) is 0 Å². The van der Waals surface area contributed by atoms with Gasteiger partial charge >= 0.3 is 11.9 Å². The molecule has 4 N–H and O–H groups in total. The molecule has 110 valence electrons. The lowest BCUT2D eigenvalue weighted by atomic mass is 9.95. The monoisotopic (exact) mass is 273 g/mol. The normalized spacial score (nSPS) is 12.1. The summed E-state index contributed by atoms with van der Waals surface area (Å²) in [6, 6.07) is 0. The van der Waals surface area contributed by atoms with Crippen LogP contribution in [0.5, 0.6) is 0 Å². The molecule has 0 aromatic carbocycles. The Balaban J connectivity index is 3.90. The number of hydrogen-bond acceptors (Lipinski definition) is 4. The number of carbonyl (C=O) groups is 3. The third-order valence-corrected chi connectivity index (χ3v) is 2.94. The first-order valence-corrected chi connectivity index (χ1v) is 6.63. The summed E-state index contributed by atoms with van der Waals surface area (Å²) < 4.78 is 0. The molecule has 0 saturated heterocycles. The van der Waals surface area contributed by atoms with Crippen LogP contribution in [-0.2, 0) is 14.4 Å². The maximum atomic E-state index is 11.6. The number of ketones is 1. The molecule has 0 aromatic rings. The summed E-state index contributed by atoms with van der Waals surface area (Å²) in [6.45, 7) is 0.643. The molecule has 0 rings (SSSR count). The van der Waals surface area contributed by atoms with Crippen LogP contribution < -0.4 is 5.73 Å². The van der Waals surface area contributed by atoms with E-state index in [0.717, 1.165) is 25.7 Å². The van der Waals surface area contributed by atoms with E-state index in [1.807, 2.05) is 0 Å². The Morgan fingerprint density at radius 2 is 1.58 bits per heavy atom. The summed E-state index contributed by atoms with van der Waals surface area (Å²) >= 11 is 0. The average molecular weight is 273 g/mol. The smallest absolute Gasteiger partial charge is 0.306 e. The van der Waals surface area contributed by atoms with Crippen LogP contribution in [0.4, 0.5) is 0 Å². The fourth-order valence-electron chi connectivity index (χ4n) is 1.81. The first kappa shape index (κ1) is 17.6. The molecule has 6 nitrogen and oxygen atoms in total. The van der Waals surface area contributed by atoms with Gasteiger partial charge in [0.15, 0.2) is 0 Å².